The van der Waals surface area contributed by atoms with E-state index in [1.54, 1.807) is 24.3 Å². The van der Waals surface area contributed by atoms with Gasteiger partial charge in [-0.25, -0.2) is 0 Å². The van der Waals surface area contributed by atoms with Gasteiger partial charge in [-0.1, -0.05) is 82.1 Å². The second-order valence-electron chi connectivity index (χ2n) is 5.87. The van der Waals surface area contributed by atoms with Crippen molar-refractivity contribution in [3.63, 3.8) is 0 Å². The quantitative estimate of drug-likeness (QED) is 0.364. The third kappa shape index (κ3) is 7.45. The number of nitrogen functional groups attached to an aromatic ring is 1. The van der Waals surface area contributed by atoms with Gasteiger partial charge in [0.2, 0.25) is 5.91 Å². The molecule has 148 valence electrons. The van der Waals surface area contributed by atoms with Gasteiger partial charge in [0.05, 0.1) is 11.4 Å². The van der Waals surface area contributed by atoms with Gasteiger partial charge >= 0.3 is 0 Å². The molecule has 0 atom stereocenters. The van der Waals surface area contributed by atoms with Crippen LogP contribution in [-0.2, 0) is 4.79 Å². The van der Waals surface area contributed by atoms with Gasteiger partial charge in [-0.2, -0.15) is 0 Å². The molecule has 0 aliphatic carbocycles. The van der Waals surface area contributed by atoms with Gasteiger partial charge in [0.1, 0.15) is 0 Å². The summed E-state index contributed by atoms with van der Waals surface area (Å²) in [7, 11) is 0. The van der Waals surface area contributed by atoms with Crippen LogP contribution in [0.4, 0.5) is 11.4 Å². The summed E-state index contributed by atoms with van der Waals surface area (Å²) < 4.78 is 0. The Morgan fingerprint density at radius 2 is 1.64 bits per heavy atom. The number of rotatable bonds is 3. The fraction of sp³-hybridized carbons (Fsp3) is 0.208. The molecule has 4 heteroatoms. The minimum atomic E-state index is -0.257. The molecule has 0 aromatic heterocycles. The van der Waals surface area contributed by atoms with Crippen molar-refractivity contribution in [1.29, 1.82) is 0 Å². The van der Waals surface area contributed by atoms with Crippen molar-refractivity contribution in [1.82, 2.24) is 0 Å². The van der Waals surface area contributed by atoms with E-state index in [4.69, 9.17) is 17.3 Å². The van der Waals surface area contributed by atoms with E-state index in [-0.39, 0.29) is 5.91 Å². The molecule has 3 nitrogen and oxygen atoms in total. The average molecular weight is 397 g/mol. The van der Waals surface area contributed by atoms with Crippen LogP contribution in [-0.4, -0.2) is 5.91 Å². The second kappa shape index (κ2) is 12.6. The van der Waals surface area contributed by atoms with Crippen molar-refractivity contribution in [2.45, 2.75) is 34.1 Å². The van der Waals surface area contributed by atoms with Crippen LogP contribution < -0.4 is 11.1 Å². The van der Waals surface area contributed by atoms with E-state index >= 15 is 0 Å². The van der Waals surface area contributed by atoms with Crippen LogP contribution in [0.15, 0.2) is 66.7 Å². The lowest BCUT2D eigenvalue weighted by molar-refractivity contribution is -0.111. The van der Waals surface area contributed by atoms with Gasteiger partial charge in [-0.3, -0.25) is 4.79 Å². The highest BCUT2D eigenvalue weighted by molar-refractivity contribution is 6.31. The van der Waals surface area contributed by atoms with Crippen LogP contribution in [0.3, 0.4) is 0 Å². The Morgan fingerprint density at radius 1 is 1.00 bits per heavy atom. The molecular formula is C24H29ClN2O. The van der Waals surface area contributed by atoms with Crippen molar-refractivity contribution in [3.8, 4) is 0 Å². The van der Waals surface area contributed by atoms with Crippen molar-refractivity contribution >= 4 is 45.7 Å². The predicted molar refractivity (Wildman–Crippen MR) is 125 cm³/mol. The van der Waals surface area contributed by atoms with Crippen LogP contribution in [0.1, 0.15) is 39.7 Å². The fourth-order valence-electron chi connectivity index (χ4n) is 2.29. The molecule has 1 amide bonds. The van der Waals surface area contributed by atoms with E-state index in [9.17, 15) is 4.79 Å². The van der Waals surface area contributed by atoms with Gasteiger partial charge < -0.3 is 11.1 Å². The second-order valence-corrected chi connectivity index (χ2v) is 6.30. The number of hydrogen-bond donors (Lipinski definition) is 2. The van der Waals surface area contributed by atoms with E-state index in [1.807, 2.05) is 50.2 Å². The molecule has 0 aliphatic heterocycles. The maximum atomic E-state index is 12.0. The summed E-state index contributed by atoms with van der Waals surface area (Å²) in [5.74, 6) is -0.257. The van der Waals surface area contributed by atoms with Crippen molar-refractivity contribution in [2.75, 3.05) is 11.1 Å². The number of amides is 1. The van der Waals surface area contributed by atoms with Gasteiger partial charge in [-0.15, -0.1) is 0 Å². The number of carbonyl (C=O) groups excluding carboxylic acids is 1. The van der Waals surface area contributed by atoms with Gasteiger partial charge in [0.15, 0.2) is 0 Å². The molecule has 3 rings (SSSR count). The highest BCUT2D eigenvalue weighted by Crippen LogP contribution is 2.23. The van der Waals surface area contributed by atoms with Crippen LogP contribution >= 0.6 is 11.6 Å². The standard InChI is InChI=1S/C19H15ClN2O.C3H8.C2H6/c20-16-8-9-17(21)18(12-16)22-19(23)10-6-13-5-7-14-3-1-2-4-15(14)11-13;1-3-2;1-2/h1-12H,21H2,(H,22,23);3H2,1-2H3;1-2H3/b10-6+;;. The normalized spacial score (nSPS) is 9.89. The maximum absolute atomic E-state index is 12.0. The molecule has 0 saturated heterocycles. The smallest absolute Gasteiger partial charge is 0.248 e. The summed E-state index contributed by atoms with van der Waals surface area (Å²) in [6, 6.07) is 19.1. The van der Waals surface area contributed by atoms with Crippen LogP contribution in [0.25, 0.3) is 16.8 Å². The Morgan fingerprint density at radius 3 is 2.32 bits per heavy atom. The molecule has 0 aliphatic rings. The van der Waals surface area contributed by atoms with Crippen LogP contribution in [0.2, 0.25) is 5.02 Å². The number of fused-ring (bicyclic) bond motifs is 1. The first-order chi connectivity index (χ1) is 13.5. The molecule has 0 bridgehead atoms. The summed E-state index contributed by atoms with van der Waals surface area (Å²) >= 11 is 5.90. The predicted octanol–water partition coefficient (Wildman–Crippen LogP) is 7.17. The van der Waals surface area contributed by atoms with E-state index in [0.717, 1.165) is 10.9 Å². The van der Waals surface area contributed by atoms with Gasteiger partial charge in [-0.05, 0) is 46.7 Å². The van der Waals surface area contributed by atoms with Gasteiger partial charge in [0, 0.05) is 11.1 Å². The van der Waals surface area contributed by atoms with E-state index < -0.39 is 0 Å². The Labute approximate surface area is 173 Å². The zero-order chi connectivity index (χ0) is 20.9. The fourth-order valence-corrected chi connectivity index (χ4v) is 2.47. The number of nitrogens with one attached hydrogen (secondary N) is 1. The molecule has 3 aromatic rings. The Balaban J connectivity index is 0.000000717. The first-order valence-electron chi connectivity index (χ1n) is 9.56. The summed E-state index contributed by atoms with van der Waals surface area (Å²) in [5.41, 5.74) is 7.75. The average Bonchev–Trinajstić information content (AvgIpc) is 2.71. The zero-order valence-corrected chi connectivity index (χ0v) is 17.8. The van der Waals surface area contributed by atoms with Crippen LogP contribution in [0.5, 0.6) is 0 Å². The Kier molecular flexibility index (Phi) is 10.4. The van der Waals surface area contributed by atoms with Crippen molar-refractivity contribution in [3.05, 3.63) is 77.3 Å². The van der Waals surface area contributed by atoms with Crippen molar-refractivity contribution in [2.24, 2.45) is 0 Å². The monoisotopic (exact) mass is 396 g/mol. The molecular weight excluding hydrogens is 368 g/mol. The highest BCUT2D eigenvalue weighted by atomic mass is 35.5. The first-order valence-corrected chi connectivity index (χ1v) is 9.94. The molecule has 0 radical (unpaired) electrons. The highest BCUT2D eigenvalue weighted by Gasteiger charge is 2.03. The number of halogens is 1. The molecule has 3 N–H and O–H groups in total. The van der Waals surface area contributed by atoms with Gasteiger partial charge in [0.25, 0.3) is 0 Å². The summed E-state index contributed by atoms with van der Waals surface area (Å²) in [5, 5.41) is 5.55. The zero-order valence-electron chi connectivity index (χ0n) is 17.0. The largest absolute Gasteiger partial charge is 0.397 e. The van der Waals surface area contributed by atoms with Crippen molar-refractivity contribution < 1.29 is 4.79 Å². The lowest BCUT2D eigenvalue weighted by atomic mass is 10.1. The SMILES string of the molecule is CC.CCC.Nc1ccc(Cl)cc1NC(=O)/C=C/c1ccc2ccccc2c1. The lowest BCUT2D eigenvalue weighted by Gasteiger charge is -2.06. The number of benzene rings is 3. The first kappa shape index (κ1) is 23.3. The summed E-state index contributed by atoms with van der Waals surface area (Å²) in [6.07, 6.45) is 4.49. The number of anilines is 2. The number of nitrogens with two attached hydrogens (primary N) is 1. The summed E-state index contributed by atoms with van der Waals surface area (Å²) in [4.78, 5) is 12.0. The van der Waals surface area contributed by atoms with Crippen LogP contribution in [0, 0.1) is 0 Å². The molecule has 0 heterocycles. The van der Waals surface area contributed by atoms with E-state index in [2.05, 4.69) is 25.2 Å². The maximum Gasteiger partial charge on any atom is 0.248 e. The summed E-state index contributed by atoms with van der Waals surface area (Å²) in [6.45, 7) is 8.25. The molecule has 0 saturated carbocycles. The molecule has 0 fully saturated rings. The minimum absolute atomic E-state index is 0.257. The molecule has 3 aromatic carbocycles. The van der Waals surface area contributed by atoms with E-state index in [0.29, 0.717) is 16.4 Å². The third-order valence-electron chi connectivity index (χ3n) is 3.47. The minimum Gasteiger partial charge on any atom is -0.397 e. The topological polar surface area (TPSA) is 55.1 Å². The lowest BCUT2D eigenvalue weighted by Crippen LogP contribution is -2.09. The third-order valence-corrected chi connectivity index (χ3v) is 3.71. The number of hydrogen-bond acceptors (Lipinski definition) is 2. The molecule has 0 unspecified atom stereocenters. The Bertz CT molecular complexity index is 919. The van der Waals surface area contributed by atoms with E-state index in [1.165, 1.54) is 17.9 Å². The number of carbonyl (C=O) groups is 1. The molecule has 28 heavy (non-hydrogen) atoms. The Hall–Kier alpha value is -2.78. The molecule has 0 spiro atoms.